The fourth-order valence-corrected chi connectivity index (χ4v) is 3.47. The summed E-state index contributed by atoms with van der Waals surface area (Å²) in [6.45, 7) is 1.28. The van der Waals surface area contributed by atoms with Crippen molar-refractivity contribution < 1.29 is 14.7 Å². The van der Waals surface area contributed by atoms with Gasteiger partial charge in [0.25, 0.3) is 0 Å². The van der Waals surface area contributed by atoms with Gasteiger partial charge < -0.3 is 15.3 Å². The van der Waals surface area contributed by atoms with Crippen LogP contribution in [0.1, 0.15) is 17.7 Å². The highest BCUT2D eigenvalue weighted by atomic mass is 32.1. The molecule has 1 aliphatic rings. The molecular weight excluding hydrogens is 316 g/mol. The Hall–Kier alpha value is -2.35. The van der Waals surface area contributed by atoms with E-state index in [0.29, 0.717) is 32.5 Å². The molecule has 23 heavy (non-hydrogen) atoms. The van der Waals surface area contributed by atoms with Crippen LogP contribution in [0.4, 0.5) is 4.79 Å². The van der Waals surface area contributed by atoms with Crippen molar-refractivity contribution in [2.75, 3.05) is 13.1 Å². The van der Waals surface area contributed by atoms with Crippen molar-refractivity contribution in [1.29, 1.82) is 0 Å². The van der Waals surface area contributed by atoms with Crippen molar-refractivity contribution >= 4 is 23.3 Å². The molecule has 2 aromatic heterocycles. The van der Waals surface area contributed by atoms with Crippen LogP contribution in [0.25, 0.3) is 0 Å². The fraction of sp³-hybridized carbons (Fsp3) is 0.400. The third-order valence-corrected chi connectivity index (χ3v) is 5.09. The smallest absolute Gasteiger partial charge is 0.331 e. The van der Waals surface area contributed by atoms with Crippen LogP contribution in [0.2, 0.25) is 0 Å². The summed E-state index contributed by atoms with van der Waals surface area (Å²) >= 11 is 1.59. The first-order chi connectivity index (χ1) is 11.1. The number of carbonyl (C=O) groups excluding carboxylic acids is 1. The Balaban J connectivity index is 1.60. The minimum absolute atomic E-state index is 0.155. The zero-order valence-corrected chi connectivity index (χ0v) is 13.3. The van der Waals surface area contributed by atoms with Crippen molar-refractivity contribution in [2.45, 2.75) is 24.9 Å². The summed E-state index contributed by atoms with van der Waals surface area (Å²) in [6.07, 6.45) is 3.93. The molecular formula is C15H18N4O3S. The number of urea groups is 1. The molecule has 1 aliphatic heterocycles. The van der Waals surface area contributed by atoms with Gasteiger partial charge in [-0.2, -0.15) is 5.10 Å². The number of carboxylic acids is 1. The molecule has 8 heteroatoms. The molecule has 2 N–H and O–H groups in total. The van der Waals surface area contributed by atoms with Crippen molar-refractivity contribution in [3.63, 3.8) is 0 Å². The topological polar surface area (TPSA) is 87.5 Å². The number of carbonyl (C=O) groups is 2. The van der Waals surface area contributed by atoms with Crippen LogP contribution in [-0.2, 0) is 16.9 Å². The maximum atomic E-state index is 12.2. The molecule has 0 radical (unpaired) electrons. The molecule has 3 rings (SSSR count). The molecule has 1 saturated heterocycles. The van der Waals surface area contributed by atoms with E-state index in [0.717, 1.165) is 4.88 Å². The second-order valence-electron chi connectivity index (χ2n) is 5.51. The number of rotatable bonds is 4. The van der Waals surface area contributed by atoms with Crippen LogP contribution in [0, 0.1) is 0 Å². The number of hydrogen-bond acceptors (Lipinski definition) is 4. The Bertz CT molecular complexity index is 661. The van der Waals surface area contributed by atoms with E-state index >= 15 is 0 Å². The predicted octanol–water partition coefficient (Wildman–Crippen LogP) is 1.73. The number of piperidine rings is 1. The Morgan fingerprint density at radius 3 is 2.70 bits per heavy atom. The number of nitrogens with one attached hydrogen (secondary N) is 1. The Kier molecular flexibility index (Phi) is 4.33. The van der Waals surface area contributed by atoms with Crippen LogP contribution < -0.4 is 5.32 Å². The number of aliphatic carboxylic acids is 1. The molecule has 122 valence electrons. The predicted molar refractivity (Wildman–Crippen MR) is 85.2 cm³/mol. The van der Waals surface area contributed by atoms with Crippen LogP contribution in [0.5, 0.6) is 0 Å². The van der Waals surface area contributed by atoms with Gasteiger partial charge in [-0.25, -0.2) is 9.59 Å². The quantitative estimate of drug-likeness (QED) is 0.891. The van der Waals surface area contributed by atoms with Gasteiger partial charge in [-0.15, -0.1) is 11.3 Å². The van der Waals surface area contributed by atoms with Crippen molar-refractivity contribution in [3.8, 4) is 0 Å². The van der Waals surface area contributed by atoms with Gasteiger partial charge in [0.2, 0.25) is 0 Å². The van der Waals surface area contributed by atoms with Gasteiger partial charge in [0.15, 0.2) is 5.54 Å². The summed E-state index contributed by atoms with van der Waals surface area (Å²) in [5.74, 6) is -0.903. The number of nitrogens with zero attached hydrogens (tertiary/aromatic N) is 3. The minimum atomic E-state index is -1.06. The molecule has 0 unspecified atom stereocenters. The Morgan fingerprint density at radius 2 is 2.13 bits per heavy atom. The molecule has 7 nitrogen and oxygen atoms in total. The van der Waals surface area contributed by atoms with Crippen LogP contribution in [0.3, 0.4) is 0 Å². The first kappa shape index (κ1) is 15.5. The second-order valence-corrected chi connectivity index (χ2v) is 6.54. The highest BCUT2D eigenvalue weighted by Crippen LogP contribution is 2.30. The number of likely N-dealkylation sites (tertiary alicyclic amines) is 1. The van der Waals surface area contributed by atoms with Crippen LogP contribution in [-0.4, -0.2) is 44.9 Å². The van der Waals surface area contributed by atoms with Crippen molar-refractivity contribution in [1.82, 2.24) is 20.0 Å². The number of aromatic nitrogens is 2. The highest BCUT2D eigenvalue weighted by Gasteiger charge is 2.44. The largest absolute Gasteiger partial charge is 0.479 e. The maximum absolute atomic E-state index is 12.2. The lowest BCUT2D eigenvalue weighted by Crippen LogP contribution is -2.54. The maximum Gasteiger partial charge on any atom is 0.331 e. The van der Waals surface area contributed by atoms with Gasteiger partial charge in [-0.3, -0.25) is 4.68 Å². The van der Waals surface area contributed by atoms with E-state index in [4.69, 9.17) is 0 Å². The summed E-state index contributed by atoms with van der Waals surface area (Å²) in [5, 5.41) is 18.6. The lowest BCUT2D eigenvalue weighted by molar-refractivity contribution is -0.150. The van der Waals surface area contributed by atoms with Crippen molar-refractivity contribution in [2.24, 2.45) is 0 Å². The lowest BCUT2D eigenvalue weighted by Gasteiger charge is -2.38. The summed E-state index contributed by atoms with van der Waals surface area (Å²) in [5.41, 5.74) is -1.06. The molecule has 0 atom stereocenters. The van der Waals surface area contributed by atoms with Gasteiger partial charge in [0.05, 0.1) is 6.54 Å². The summed E-state index contributed by atoms with van der Waals surface area (Å²) in [4.78, 5) is 26.7. The fourth-order valence-electron chi connectivity index (χ4n) is 2.83. The molecule has 0 bridgehead atoms. The minimum Gasteiger partial charge on any atom is -0.479 e. The standard InChI is InChI=1S/C15H18N4O3S/c20-13(21)15(19-7-2-6-17-19)4-8-18(9-5-15)14(22)16-11-12-3-1-10-23-12/h1-3,6-7,10H,4-5,8-9,11H2,(H,16,22)(H,20,21). The van der Waals surface area contributed by atoms with Gasteiger partial charge in [0, 0.05) is 43.2 Å². The summed E-state index contributed by atoms with van der Waals surface area (Å²) in [6, 6.07) is 5.47. The van der Waals surface area contributed by atoms with E-state index in [9.17, 15) is 14.7 Å². The van der Waals surface area contributed by atoms with E-state index in [1.807, 2.05) is 17.5 Å². The van der Waals surface area contributed by atoms with E-state index in [1.165, 1.54) is 4.68 Å². The van der Waals surface area contributed by atoms with Crippen molar-refractivity contribution in [3.05, 3.63) is 40.8 Å². The average Bonchev–Trinajstić information content (AvgIpc) is 3.26. The van der Waals surface area contributed by atoms with E-state index in [-0.39, 0.29) is 6.03 Å². The zero-order chi connectivity index (χ0) is 16.3. The summed E-state index contributed by atoms with van der Waals surface area (Å²) < 4.78 is 1.50. The van der Waals surface area contributed by atoms with Crippen LogP contribution >= 0.6 is 11.3 Å². The van der Waals surface area contributed by atoms with E-state index in [2.05, 4.69) is 10.4 Å². The third-order valence-electron chi connectivity index (χ3n) is 4.21. The third kappa shape index (κ3) is 3.07. The average molecular weight is 334 g/mol. The van der Waals surface area contributed by atoms with Gasteiger partial charge in [-0.1, -0.05) is 6.07 Å². The molecule has 0 aromatic carbocycles. The summed E-state index contributed by atoms with van der Waals surface area (Å²) in [7, 11) is 0. The normalized spacial score (nSPS) is 17.0. The van der Waals surface area contributed by atoms with Gasteiger partial charge in [0.1, 0.15) is 0 Å². The SMILES string of the molecule is O=C(NCc1cccs1)N1CCC(C(=O)O)(n2cccn2)CC1. The number of amides is 2. The molecule has 0 spiro atoms. The van der Waals surface area contributed by atoms with Crippen LogP contribution in [0.15, 0.2) is 36.0 Å². The first-order valence-corrected chi connectivity index (χ1v) is 8.28. The number of carboxylic acid groups (broad SMARTS) is 1. The molecule has 3 heterocycles. The van der Waals surface area contributed by atoms with E-state index in [1.54, 1.807) is 34.7 Å². The monoisotopic (exact) mass is 334 g/mol. The van der Waals surface area contributed by atoms with Gasteiger partial charge >= 0.3 is 12.0 Å². The molecule has 2 amide bonds. The number of hydrogen-bond donors (Lipinski definition) is 2. The lowest BCUT2D eigenvalue weighted by atomic mass is 9.88. The highest BCUT2D eigenvalue weighted by molar-refractivity contribution is 7.09. The Labute approximate surface area is 137 Å². The van der Waals surface area contributed by atoms with E-state index < -0.39 is 11.5 Å². The molecule has 2 aromatic rings. The molecule has 1 fully saturated rings. The molecule has 0 aliphatic carbocycles. The van der Waals surface area contributed by atoms with Gasteiger partial charge in [-0.05, 0) is 17.5 Å². The number of thiophene rings is 1. The Morgan fingerprint density at radius 1 is 1.35 bits per heavy atom. The first-order valence-electron chi connectivity index (χ1n) is 7.40. The zero-order valence-electron chi connectivity index (χ0n) is 12.5. The molecule has 0 saturated carbocycles. The second kappa shape index (κ2) is 6.41.